The van der Waals surface area contributed by atoms with E-state index >= 15 is 0 Å². The number of likely N-dealkylation sites (tertiary alicyclic amines) is 1. The predicted molar refractivity (Wildman–Crippen MR) is 114 cm³/mol. The van der Waals surface area contributed by atoms with Gasteiger partial charge in [-0.2, -0.15) is 0 Å². The molecule has 1 saturated heterocycles. The summed E-state index contributed by atoms with van der Waals surface area (Å²) in [6.07, 6.45) is 2.33. The lowest BCUT2D eigenvalue weighted by molar-refractivity contribution is -0.934. The number of fused-ring (bicyclic) bond motifs is 2. The van der Waals surface area contributed by atoms with E-state index in [1.807, 2.05) is 22.9 Å². The van der Waals surface area contributed by atoms with Gasteiger partial charge in [-0.25, -0.2) is 4.68 Å². The second-order valence-electron chi connectivity index (χ2n) is 9.76. The van der Waals surface area contributed by atoms with Crippen molar-refractivity contribution in [2.24, 2.45) is 5.92 Å². The van der Waals surface area contributed by atoms with Crippen molar-refractivity contribution < 1.29 is 14.4 Å². The topological polar surface area (TPSA) is 99.4 Å². The second-order valence-corrected chi connectivity index (χ2v) is 9.76. The third kappa shape index (κ3) is 3.56. The fraction of sp³-hybridized carbons (Fsp3) is 0.545. The van der Waals surface area contributed by atoms with Gasteiger partial charge < -0.3 is 19.4 Å². The monoisotopic (exact) mass is 425 g/mol. The first kappa shape index (κ1) is 20.0. The number of benzene rings is 1. The molecule has 0 saturated carbocycles. The van der Waals surface area contributed by atoms with E-state index in [9.17, 15) is 4.79 Å². The summed E-state index contributed by atoms with van der Waals surface area (Å²) in [5.41, 5.74) is 0.989. The van der Waals surface area contributed by atoms with Crippen LogP contribution in [0.5, 0.6) is 11.5 Å². The Morgan fingerprint density at radius 3 is 2.74 bits per heavy atom. The van der Waals surface area contributed by atoms with Crippen LogP contribution in [-0.4, -0.2) is 45.1 Å². The highest BCUT2D eigenvalue weighted by molar-refractivity contribution is 5.83. The molecule has 2 aromatic heterocycles. The molecule has 0 amide bonds. The Bertz CT molecular complexity index is 1180. The number of hydrogen-bond donors (Lipinski definition) is 2. The molecule has 3 atom stereocenters. The van der Waals surface area contributed by atoms with E-state index in [2.05, 4.69) is 48.2 Å². The highest BCUT2D eigenvalue weighted by Gasteiger charge is 2.38. The van der Waals surface area contributed by atoms with Crippen molar-refractivity contribution in [1.82, 2.24) is 25.2 Å². The Morgan fingerprint density at radius 2 is 2.00 bits per heavy atom. The Labute approximate surface area is 180 Å². The van der Waals surface area contributed by atoms with Gasteiger partial charge in [0.15, 0.2) is 17.5 Å². The summed E-state index contributed by atoms with van der Waals surface area (Å²) in [5.74, 6) is 2.65. The zero-order valence-corrected chi connectivity index (χ0v) is 18.4. The van der Waals surface area contributed by atoms with E-state index in [0.717, 1.165) is 36.2 Å². The first-order chi connectivity index (χ1) is 14.8. The zero-order chi connectivity index (χ0) is 21.8. The fourth-order valence-electron chi connectivity index (χ4n) is 4.81. The van der Waals surface area contributed by atoms with Gasteiger partial charge in [-0.15, -0.1) is 5.10 Å². The Hall–Kier alpha value is -2.94. The number of nitrogens with one attached hydrogen (secondary N) is 2. The quantitative estimate of drug-likeness (QED) is 0.658. The maximum absolute atomic E-state index is 13.3. The largest absolute Gasteiger partial charge is 0.454 e. The number of H-pyrrole nitrogens is 1. The van der Waals surface area contributed by atoms with Crippen molar-refractivity contribution in [2.75, 3.05) is 19.9 Å². The van der Waals surface area contributed by atoms with Crippen molar-refractivity contribution in [3.63, 3.8) is 0 Å². The van der Waals surface area contributed by atoms with Gasteiger partial charge in [0, 0.05) is 17.4 Å². The Kier molecular flexibility index (Phi) is 4.73. The molecule has 5 rings (SSSR count). The molecular formula is C22H29N6O3+. The molecule has 9 heteroatoms. The number of aromatic amines is 1. The molecular weight excluding hydrogens is 396 g/mol. The van der Waals surface area contributed by atoms with Crippen LogP contribution < -0.4 is 19.9 Å². The van der Waals surface area contributed by atoms with Crippen LogP contribution in [0.25, 0.3) is 10.9 Å². The minimum absolute atomic E-state index is 0.120. The van der Waals surface area contributed by atoms with Crippen LogP contribution in [0.15, 0.2) is 23.0 Å². The van der Waals surface area contributed by atoms with Gasteiger partial charge in [0.2, 0.25) is 12.6 Å². The molecule has 2 N–H and O–H groups in total. The maximum atomic E-state index is 13.3. The number of tetrazole rings is 1. The molecule has 0 bridgehead atoms. The van der Waals surface area contributed by atoms with E-state index in [4.69, 9.17) is 9.47 Å². The van der Waals surface area contributed by atoms with Gasteiger partial charge in [0.05, 0.1) is 29.7 Å². The second kappa shape index (κ2) is 7.33. The molecule has 0 spiro atoms. The van der Waals surface area contributed by atoms with Crippen molar-refractivity contribution in [1.29, 1.82) is 0 Å². The summed E-state index contributed by atoms with van der Waals surface area (Å²) in [6.45, 7) is 10.6. The van der Waals surface area contributed by atoms with E-state index in [0.29, 0.717) is 23.0 Å². The number of ether oxygens (including phenoxy) is 2. The van der Waals surface area contributed by atoms with E-state index in [-0.39, 0.29) is 23.9 Å². The summed E-state index contributed by atoms with van der Waals surface area (Å²) in [6, 6.07) is 5.46. The molecule has 0 aliphatic carbocycles. The van der Waals surface area contributed by atoms with Gasteiger partial charge in [-0.3, -0.25) is 4.79 Å². The number of nitrogens with zero attached hydrogens (tertiary/aromatic N) is 4. The molecule has 1 unspecified atom stereocenters. The minimum atomic E-state index is -0.298. The van der Waals surface area contributed by atoms with Crippen LogP contribution in [0.4, 0.5) is 0 Å². The lowest BCUT2D eigenvalue weighted by Crippen LogP contribution is -3.14. The van der Waals surface area contributed by atoms with Crippen molar-refractivity contribution in [2.45, 2.75) is 52.1 Å². The average Bonchev–Trinajstić information content (AvgIpc) is 3.36. The lowest BCUT2D eigenvalue weighted by atomic mass is 9.95. The average molecular weight is 426 g/mol. The molecule has 2 aliphatic rings. The molecule has 9 nitrogen and oxygen atoms in total. The number of hydrogen-bond acceptors (Lipinski definition) is 6. The van der Waals surface area contributed by atoms with Crippen LogP contribution in [0, 0.1) is 5.92 Å². The first-order valence-electron chi connectivity index (χ1n) is 10.9. The van der Waals surface area contributed by atoms with E-state index in [1.54, 1.807) is 0 Å². The first-order valence-corrected chi connectivity index (χ1v) is 10.9. The van der Waals surface area contributed by atoms with Crippen LogP contribution in [-0.2, 0) is 5.54 Å². The highest BCUT2D eigenvalue weighted by Crippen LogP contribution is 2.35. The molecule has 1 fully saturated rings. The van der Waals surface area contributed by atoms with E-state index in [1.165, 1.54) is 11.3 Å². The summed E-state index contributed by atoms with van der Waals surface area (Å²) in [7, 11) is 0. The predicted octanol–water partition coefficient (Wildman–Crippen LogP) is 1.40. The number of rotatable bonds is 3. The molecule has 3 aromatic rings. The van der Waals surface area contributed by atoms with Crippen molar-refractivity contribution >= 4 is 10.9 Å². The lowest BCUT2D eigenvalue weighted by Gasteiger charge is -2.34. The van der Waals surface area contributed by atoms with Crippen LogP contribution in [0.2, 0.25) is 0 Å². The molecule has 0 radical (unpaired) electrons. The van der Waals surface area contributed by atoms with E-state index < -0.39 is 0 Å². The van der Waals surface area contributed by atoms with Crippen molar-refractivity contribution in [3.05, 3.63) is 39.9 Å². The van der Waals surface area contributed by atoms with Crippen LogP contribution in [0.1, 0.15) is 58.0 Å². The number of quaternary nitrogens is 1. The summed E-state index contributed by atoms with van der Waals surface area (Å²) >= 11 is 0. The van der Waals surface area contributed by atoms with Gasteiger partial charge in [-0.1, -0.05) is 6.92 Å². The smallest absolute Gasteiger partial charge is 0.258 e. The fourth-order valence-corrected chi connectivity index (χ4v) is 4.81. The summed E-state index contributed by atoms with van der Waals surface area (Å²) in [4.78, 5) is 17.7. The Balaban J connectivity index is 1.69. The third-order valence-electron chi connectivity index (χ3n) is 6.28. The van der Waals surface area contributed by atoms with Gasteiger partial charge in [0.1, 0.15) is 0 Å². The number of piperidine rings is 1. The summed E-state index contributed by atoms with van der Waals surface area (Å²) in [5, 5.41) is 13.6. The third-order valence-corrected chi connectivity index (χ3v) is 6.28. The molecule has 4 heterocycles. The normalized spacial score (nSPS) is 22.1. The molecule has 2 aliphatic heterocycles. The van der Waals surface area contributed by atoms with Gasteiger partial charge in [-0.05, 0) is 56.2 Å². The zero-order valence-electron chi connectivity index (χ0n) is 18.4. The molecule has 1 aromatic carbocycles. The van der Waals surface area contributed by atoms with Crippen LogP contribution in [0.3, 0.4) is 0 Å². The SMILES string of the molecule is C[C@H]1CCC[NH+]([C@@H](c2cc3cc4c(cc3[nH]c2=O)OCO4)c2nnnn2C(C)(C)C)C1. The van der Waals surface area contributed by atoms with Crippen LogP contribution >= 0.6 is 0 Å². The maximum Gasteiger partial charge on any atom is 0.258 e. The highest BCUT2D eigenvalue weighted by atomic mass is 16.7. The minimum Gasteiger partial charge on any atom is -0.454 e. The number of pyridine rings is 1. The van der Waals surface area contributed by atoms with Gasteiger partial charge >= 0.3 is 0 Å². The molecule has 164 valence electrons. The van der Waals surface area contributed by atoms with Crippen molar-refractivity contribution in [3.8, 4) is 11.5 Å². The van der Waals surface area contributed by atoms with Gasteiger partial charge in [0.25, 0.3) is 5.56 Å². The molecule has 31 heavy (non-hydrogen) atoms. The Morgan fingerprint density at radius 1 is 1.23 bits per heavy atom. The summed E-state index contributed by atoms with van der Waals surface area (Å²) < 4.78 is 12.9. The number of aromatic nitrogens is 5. The standard InChI is InChI=1S/C22H28N6O3/c1-13-6-5-7-27(11-13)19(20-24-25-26-28(20)22(2,3)4)15-8-14-9-17-18(31-12-30-17)10-16(14)23-21(15)29/h8-10,13,19H,5-7,11-12H2,1-4H3,(H,23,29)/p+1/t13-,19-/m0/s1.